The molecule has 2 nitrogen and oxygen atoms in total. The van der Waals surface area contributed by atoms with Gasteiger partial charge in [0.15, 0.2) is 0 Å². The Hall–Kier alpha value is -1.28. The molecule has 1 unspecified atom stereocenters. The lowest BCUT2D eigenvalue weighted by molar-refractivity contribution is 0.865. The average molecular weight is 235 g/mol. The van der Waals surface area contributed by atoms with Crippen molar-refractivity contribution < 1.29 is 0 Å². The van der Waals surface area contributed by atoms with E-state index in [1.165, 1.54) is 5.56 Å². The number of alkyl halides is 1. The van der Waals surface area contributed by atoms with Gasteiger partial charge in [0.1, 0.15) is 0 Å². The lowest BCUT2D eigenvalue weighted by Gasteiger charge is -2.10. The van der Waals surface area contributed by atoms with Crippen LogP contribution in [0.1, 0.15) is 41.8 Å². The minimum Gasteiger partial charge on any atom is -0.285 e. The molecule has 1 heterocycles. The number of H-pyrrole nitrogens is 1. The van der Waals surface area contributed by atoms with Crippen LogP contribution in [-0.2, 0) is 0 Å². The van der Waals surface area contributed by atoms with Crippen LogP contribution in [0.15, 0.2) is 36.7 Å². The topological polar surface area (TPSA) is 28.7 Å². The minimum atomic E-state index is -0.125. The zero-order valence-electron chi connectivity index (χ0n) is 9.44. The van der Waals surface area contributed by atoms with Crippen LogP contribution in [0.25, 0.3) is 0 Å². The highest BCUT2D eigenvalue weighted by molar-refractivity contribution is 6.22. The molecule has 16 heavy (non-hydrogen) atoms. The van der Waals surface area contributed by atoms with E-state index in [9.17, 15) is 0 Å². The maximum absolute atomic E-state index is 6.34. The van der Waals surface area contributed by atoms with Crippen molar-refractivity contribution in [3.63, 3.8) is 0 Å². The van der Waals surface area contributed by atoms with Gasteiger partial charge in [0, 0.05) is 11.8 Å². The van der Waals surface area contributed by atoms with E-state index in [2.05, 4.69) is 48.3 Å². The molecule has 0 saturated heterocycles. The van der Waals surface area contributed by atoms with Crippen LogP contribution in [0.2, 0.25) is 0 Å². The standard InChI is InChI=1S/C13H15ClN2/c1-9(2)10-3-5-11(6-4-10)13(14)12-7-15-16-8-12/h3-9,13H,1-2H3,(H,15,16). The molecule has 0 saturated carbocycles. The Kier molecular flexibility index (Phi) is 3.30. The number of hydrogen-bond acceptors (Lipinski definition) is 1. The molecule has 0 aliphatic rings. The number of hydrogen-bond donors (Lipinski definition) is 1. The zero-order chi connectivity index (χ0) is 11.5. The van der Waals surface area contributed by atoms with E-state index in [1.807, 2.05) is 6.20 Å². The molecule has 3 heteroatoms. The van der Waals surface area contributed by atoms with Crippen molar-refractivity contribution in [2.45, 2.75) is 25.1 Å². The van der Waals surface area contributed by atoms with Gasteiger partial charge < -0.3 is 0 Å². The highest BCUT2D eigenvalue weighted by Gasteiger charge is 2.11. The van der Waals surface area contributed by atoms with E-state index in [1.54, 1.807) is 6.20 Å². The third-order valence-electron chi connectivity index (χ3n) is 2.71. The monoisotopic (exact) mass is 234 g/mol. The molecular formula is C13H15ClN2. The molecular weight excluding hydrogens is 220 g/mol. The Morgan fingerprint density at radius 1 is 1.06 bits per heavy atom. The SMILES string of the molecule is CC(C)c1ccc(C(Cl)c2cn[nH]c2)cc1. The van der Waals surface area contributed by atoms with Gasteiger partial charge in [0.25, 0.3) is 0 Å². The number of aromatic nitrogens is 2. The van der Waals surface area contributed by atoms with Crippen molar-refractivity contribution in [2.24, 2.45) is 0 Å². The Morgan fingerprint density at radius 3 is 2.19 bits per heavy atom. The summed E-state index contributed by atoms with van der Waals surface area (Å²) in [5.41, 5.74) is 3.44. The van der Waals surface area contributed by atoms with Crippen LogP contribution in [-0.4, -0.2) is 10.2 Å². The number of halogens is 1. The lowest BCUT2D eigenvalue weighted by atomic mass is 9.99. The number of rotatable bonds is 3. The molecule has 0 spiro atoms. The largest absolute Gasteiger partial charge is 0.285 e. The Bertz CT molecular complexity index is 431. The molecule has 2 aromatic rings. The van der Waals surface area contributed by atoms with Gasteiger partial charge >= 0.3 is 0 Å². The van der Waals surface area contributed by atoms with Crippen LogP contribution in [0.5, 0.6) is 0 Å². The van der Waals surface area contributed by atoms with E-state index < -0.39 is 0 Å². The smallest absolute Gasteiger partial charge is 0.0865 e. The average Bonchev–Trinajstić information content (AvgIpc) is 2.81. The van der Waals surface area contributed by atoms with Crippen molar-refractivity contribution in [1.29, 1.82) is 0 Å². The highest BCUT2D eigenvalue weighted by atomic mass is 35.5. The molecule has 0 aliphatic heterocycles. The van der Waals surface area contributed by atoms with Gasteiger partial charge in [-0.3, -0.25) is 5.10 Å². The predicted molar refractivity (Wildman–Crippen MR) is 66.8 cm³/mol. The third-order valence-corrected chi connectivity index (χ3v) is 3.21. The first-order valence-electron chi connectivity index (χ1n) is 5.41. The Balaban J connectivity index is 2.22. The summed E-state index contributed by atoms with van der Waals surface area (Å²) in [6.45, 7) is 4.37. The Morgan fingerprint density at radius 2 is 1.69 bits per heavy atom. The van der Waals surface area contributed by atoms with Gasteiger partial charge in [-0.15, -0.1) is 11.6 Å². The molecule has 0 bridgehead atoms. The summed E-state index contributed by atoms with van der Waals surface area (Å²) in [6.07, 6.45) is 3.59. The van der Waals surface area contributed by atoms with Gasteiger partial charge in [0.2, 0.25) is 0 Å². The van der Waals surface area contributed by atoms with Crippen LogP contribution in [0.3, 0.4) is 0 Å². The molecule has 2 rings (SSSR count). The normalized spacial score (nSPS) is 13.0. The molecule has 1 aromatic heterocycles. The maximum Gasteiger partial charge on any atom is 0.0865 e. The predicted octanol–water partition coefficient (Wildman–Crippen LogP) is 3.86. The fourth-order valence-corrected chi connectivity index (χ4v) is 1.91. The summed E-state index contributed by atoms with van der Waals surface area (Å²) in [5, 5.41) is 6.56. The second-order valence-corrected chi connectivity index (χ2v) is 4.65. The summed E-state index contributed by atoms with van der Waals surface area (Å²) in [5.74, 6) is 0.553. The van der Waals surface area contributed by atoms with Crippen molar-refractivity contribution in [3.05, 3.63) is 53.3 Å². The van der Waals surface area contributed by atoms with Crippen molar-refractivity contribution in [3.8, 4) is 0 Å². The van der Waals surface area contributed by atoms with E-state index in [0.29, 0.717) is 5.92 Å². The molecule has 1 atom stereocenters. The summed E-state index contributed by atoms with van der Waals surface area (Å²) in [6, 6.07) is 8.44. The van der Waals surface area contributed by atoms with E-state index in [-0.39, 0.29) is 5.38 Å². The van der Waals surface area contributed by atoms with Crippen LogP contribution >= 0.6 is 11.6 Å². The fraction of sp³-hybridized carbons (Fsp3) is 0.308. The molecule has 84 valence electrons. The van der Waals surface area contributed by atoms with Gasteiger partial charge in [0.05, 0.1) is 11.6 Å². The molecule has 0 aliphatic carbocycles. The molecule has 0 amide bonds. The van der Waals surface area contributed by atoms with E-state index >= 15 is 0 Å². The summed E-state index contributed by atoms with van der Waals surface area (Å²) < 4.78 is 0. The lowest BCUT2D eigenvalue weighted by Crippen LogP contribution is -1.93. The van der Waals surface area contributed by atoms with Gasteiger partial charge in [-0.2, -0.15) is 5.10 Å². The van der Waals surface area contributed by atoms with Crippen molar-refractivity contribution in [2.75, 3.05) is 0 Å². The number of nitrogens with one attached hydrogen (secondary N) is 1. The third kappa shape index (κ3) is 2.27. The van der Waals surface area contributed by atoms with Crippen LogP contribution < -0.4 is 0 Å². The fourth-order valence-electron chi connectivity index (χ4n) is 1.64. The molecule has 0 fully saturated rings. The number of benzene rings is 1. The first-order chi connectivity index (χ1) is 7.68. The van der Waals surface area contributed by atoms with E-state index in [0.717, 1.165) is 11.1 Å². The highest BCUT2D eigenvalue weighted by Crippen LogP contribution is 2.28. The molecule has 0 radical (unpaired) electrons. The summed E-state index contributed by atoms with van der Waals surface area (Å²) >= 11 is 6.34. The number of nitrogens with zero attached hydrogens (tertiary/aromatic N) is 1. The first kappa shape index (κ1) is 11.2. The van der Waals surface area contributed by atoms with Crippen LogP contribution in [0, 0.1) is 0 Å². The summed E-state index contributed by atoms with van der Waals surface area (Å²) in [7, 11) is 0. The van der Waals surface area contributed by atoms with Crippen molar-refractivity contribution >= 4 is 11.6 Å². The Labute approximate surface area is 101 Å². The maximum atomic E-state index is 6.34. The van der Waals surface area contributed by atoms with Gasteiger partial charge in [-0.05, 0) is 17.0 Å². The van der Waals surface area contributed by atoms with Crippen molar-refractivity contribution in [1.82, 2.24) is 10.2 Å². The molecule has 1 aromatic carbocycles. The van der Waals surface area contributed by atoms with E-state index in [4.69, 9.17) is 11.6 Å². The summed E-state index contributed by atoms with van der Waals surface area (Å²) in [4.78, 5) is 0. The van der Waals surface area contributed by atoms with Crippen LogP contribution in [0.4, 0.5) is 0 Å². The minimum absolute atomic E-state index is 0.125. The zero-order valence-corrected chi connectivity index (χ0v) is 10.2. The second-order valence-electron chi connectivity index (χ2n) is 4.22. The first-order valence-corrected chi connectivity index (χ1v) is 5.84. The quantitative estimate of drug-likeness (QED) is 0.803. The van der Waals surface area contributed by atoms with Gasteiger partial charge in [-0.25, -0.2) is 0 Å². The van der Waals surface area contributed by atoms with Gasteiger partial charge in [-0.1, -0.05) is 38.1 Å². The number of aromatic amines is 1. The molecule has 1 N–H and O–H groups in total. The second kappa shape index (κ2) is 4.71.